The highest BCUT2D eigenvalue weighted by atomic mass is 16.5. The minimum Gasteiger partial charge on any atom is -0.378 e. The number of carbonyl (C=O) groups is 1. The Kier molecular flexibility index (Phi) is 9.95. The number of hydrogen-bond donors (Lipinski definition) is 2. The Hall–Kier alpha value is -1.30. The topological polar surface area (TPSA) is 66.0 Å². The Bertz CT molecular complexity index is 459. The van der Waals surface area contributed by atoms with Gasteiger partial charge in [-0.05, 0) is 32.1 Å². The summed E-state index contributed by atoms with van der Waals surface area (Å²) in [4.78, 5) is 18.4. The third-order valence-electron chi connectivity index (χ3n) is 5.58. The smallest absolute Gasteiger partial charge is 0.225 e. The van der Waals surface area contributed by atoms with E-state index in [1.807, 2.05) is 18.7 Å². The normalized spacial score (nSPS) is 22.1. The molecule has 156 valence electrons. The van der Waals surface area contributed by atoms with E-state index >= 15 is 0 Å². The molecule has 0 bridgehead atoms. The molecule has 1 heterocycles. The van der Waals surface area contributed by atoms with Crippen LogP contribution in [0.4, 0.5) is 0 Å². The highest BCUT2D eigenvalue weighted by Gasteiger charge is 2.27. The number of unbranched alkanes of at least 4 members (excludes halogenated alkanes) is 1. The molecule has 2 fully saturated rings. The molecule has 1 unspecified atom stereocenters. The van der Waals surface area contributed by atoms with Crippen LogP contribution in [0.3, 0.4) is 0 Å². The summed E-state index contributed by atoms with van der Waals surface area (Å²) >= 11 is 0. The first-order valence-electron chi connectivity index (χ1n) is 11.0. The summed E-state index contributed by atoms with van der Waals surface area (Å²) in [6.07, 6.45) is 11.5. The molecule has 6 nitrogen and oxygen atoms in total. The van der Waals surface area contributed by atoms with Crippen LogP contribution in [-0.4, -0.2) is 62.2 Å². The first-order chi connectivity index (χ1) is 13.1. The molecule has 6 heteroatoms. The summed E-state index contributed by atoms with van der Waals surface area (Å²) in [5.74, 6) is 1.15. The molecule has 0 aromatic carbocycles. The van der Waals surface area contributed by atoms with Crippen LogP contribution in [0, 0.1) is 5.92 Å². The minimum absolute atomic E-state index is 0.0707. The maximum Gasteiger partial charge on any atom is 0.225 e. The fourth-order valence-corrected chi connectivity index (χ4v) is 3.92. The Morgan fingerprint density at radius 3 is 2.56 bits per heavy atom. The Balaban J connectivity index is 1.55. The second-order valence-electron chi connectivity index (χ2n) is 8.26. The van der Waals surface area contributed by atoms with Gasteiger partial charge in [-0.2, -0.15) is 0 Å². The standard InChI is InChI=1S/C21H40N4O2/c1-17(2)20(26)25-14-12-18(16-25)24-21(22-3)23-13-8-9-15-27-19-10-6-4-5-7-11-19/h17-19H,4-16H2,1-3H3,(H2,22,23,24). The molecule has 0 aromatic rings. The molecule has 1 aliphatic heterocycles. The number of amides is 1. The number of nitrogens with one attached hydrogen (secondary N) is 2. The molecule has 2 N–H and O–H groups in total. The molecule has 0 radical (unpaired) electrons. The SMILES string of the molecule is CN=C(NCCCCOC1CCCCCC1)NC1CCN(C(=O)C(C)C)C1. The van der Waals surface area contributed by atoms with E-state index in [4.69, 9.17) is 4.74 Å². The lowest BCUT2D eigenvalue weighted by Crippen LogP contribution is -2.45. The van der Waals surface area contributed by atoms with Crippen molar-refractivity contribution < 1.29 is 9.53 Å². The van der Waals surface area contributed by atoms with Crippen LogP contribution in [0.15, 0.2) is 4.99 Å². The van der Waals surface area contributed by atoms with Gasteiger partial charge >= 0.3 is 0 Å². The zero-order valence-corrected chi connectivity index (χ0v) is 17.6. The van der Waals surface area contributed by atoms with Crippen molar-refractivity contribution in [1.82, 2.24) is 15.5 Å². The number of hydrogen-bond acceptors (Lipinski definition) is 3. The van der Waals surface area contributed by atoms with E-state index in [2.05, 4.69) is 15.6 Å². The van der Waals surface area contributed by atoms with Gasteiger partial charge in [0.15, 0.2) is 5.96 Å². The lowest BCUT2D eigenvalue weighted by molar-refractivity contribution is -0.133. The van der Waals surface area contributed by atoms with E-state index in [0.717, 1.165) is 51.5 Å². The monoisotopic (exact) mass is 380 g/mol. The Labute approximate surface area is 165 Å². The first-order valence-corrected chi connectivity index (χ1v) is 11.0. The second-order valence-corrected chi connectivity index (χ2v) is 8.26. The second kappa shape index (κ2) is 12.2. The predicted octanol–water partition coefficient (Wildman–Crippen LogP) is 2.93. The van der Waals surface area contributed by atoms with Crippen molar-refractivity contribution in [2.75, 3.05) is 33.3 Å². The molecule has 1 aliphatic carbocycles. The van der Waals surface area contributed by atoms with Gasteiger partial charge in [-0.15, -0.1) is 0 Å². The van der Waals surface area contributed by atoms with E-state index in [1.165, 1.54) is 38.5 Å². The number of carbonyl (C=O) groups excluding carboxylic acids is 1. The quantitative estimate of drug-likeness (QED) is 0.294. The molecule has 0 spiro atoms. The highest BCUT2D eigenvalue weighted by molar-refractivity contribution is 5.81. The predicted molar refractivity (Wildman–Crippen MR) is 111 cm³/mol. The van der Waals surface area contributed by atoms with Crippen LogP contribution in [-0.2, 0) is 9.53 Å². The molecule has 1 saturated heterocycles. The third-order valence-corrected chi connectivity index (χ3v) is 5.58. The summed E-state index contributed by atoms with van der Waals surface area (Å²) in [7, 11) is 1.80. The molecular formula is C21H40N4O2. The van der Waals surface area contributed by atoms with Crippen molar-refractivity contribution in [3.8, 4) is 0 Å². The lowest BCUT2D eigenvalue weighted by Gasteiger charge is -2.20. The summed E-state index contributed by atoms with van der Waals surface area (Å²) < 4.78 is 6.05. The zero-order valence-electron chi connectivity index (χ0n) is 17.6. The number of likely N-dealkylation sites (tertiary alicyclic amines) is 1. The molecule has 2 aliphatic rings. The fourth-order valence-electron chi connectivity index (χ4n) is 3.92. The van der Waals surface area contributed by atoms with Gasteiger partial charge < -0.3 is 20.3 Å². The lowest BCUT2D eigenvalue weighted by atomic mass is 10.1. The molecule has 2 rings (SSSR count). The van der Waals surface area contributed by atoms with E-state index in [1.54, 1.807) is 7.05 Å². The highest BCUT2D eigenvalue weighted by Crippen LogP contribution is 2.20. The first kappa shape index (κ1) is 22.0. The molecule has 1 saturated carbocycles. The van der Waals surface area contributed by atoms with Crippen molar-refractivity contribution in [2.24, 2.45) is 10.9 Å². The number of nitrogens with zero attached hydrogens (tertiary/aromatic N) is 2. The summed E-state index contributed by atoms with van der Waals surface area (Å²) in [6.45, 7) is 7.30. The molecule has 1 amide bonds. The van der Waals surface area contributed by atoms with Gasteiger partial charge in [0.25, 0.3) is 0 Å². The van der Waals surface area contributed by atoms with Crippen LogP contribution in [0.25, 0.3) is 0 Å². The molecule has 27 heavy (non-hydrogen) atoms. The average molecular weight is 381 g/mol. The van der Waals surface area contributed by atoms with Crippen molar-refractivity contribution >= 4 is 11.9 Å². The summed E-state index contributed by atoms with van der Waals surface area (Å²) in [5, 5.41) is 6.84. The zero-order chi connectivity index (χ0) is 19.5. The minimum atomic E-state index is 0.0707. The largest absolute Gasteiger partial charge is 0.378 e. The molecular weight excluding hydrogens is 340 g/mol. The average Bonchev–Trinajstić information content (AvgIpc) is 2.97. The fraction of sp³-hybridized carbons (Fsp3) is 0.905. The molecule has 1 atom stereocenters. The van der Waals surface area contributed by atoms with Gasteiger partial charge in [0, 0.05) is 45.2 Å². The van der Waals surface area contributed by atoms with Gasteiger partial charge in [0.1, 0.15) is 0 Å². The van der Waals surface area contributed by atoms with Gasteiger partial charge in [-0.25, -0.2) is 0 Å². The van der Waals surface area contributed by atoms with Crippen LogP contribution in [0.5, 0.6) is 0 Å². The van der Waals surface area contributed by atoms with Gasteiger partial charge in [0.2, 0.25) is 5.91 Å². The van der Waals surface area contributed by atoms with Crippen molar-refractivity contribution in [2.45, 2.75) is 83.8 Å². The third kappa shape index (κ3) is 8.08. The van der Waals surface area contributed by atoms with Crippen LogP contribution in [0.2, 0.25) is 0 Å². The van der Waals surface area contributed by atoms with Crippen LogP contribution < -0.4 is 10.6 Å². The maximum atomic E-state index is 12.1. The van der Waals surface area contributed by atoms with Crippen LogP contribution in [0.1, 0.15) is 71.6 Å². The number of guanidine groups is 1. The summed E-state index contributed by atoms with van der Waals surface area (Å²) in [5.41, 5.74) is 0. The van der Waals surface area contributed by atoms with E-state index < -0.39 is 0 Å². The Morgan fingerprint density at radius 2 is 1.89 bits per heavy atom. The summed E-state index contributed by atoms with van der Waals surface area (Å²) in [6, 6.07) is 0.289. The van der Waals surface area contributed by atoms with Crippen molar-refractivity contribution in [3.63, 3.8) is 0 Å². The maximum absolute atomic E-state index is 12.1. The molecule has 0 aromatic heterocycles. The number of aliphatic imine (C=N–C) groups is 1. The number of ether oxygens (including phenoxy) is 1. The van der Waals surface area contributed by atoms with E-state index in [-0.39, 0.29) is 17.9 Å². The van der Waals surface area contributed by atoms with Gasteiger partial charge in [0.05, 0.1) is 6.10 Å². The van der Waals surface area contributed by atoms with E-state index in [0.29, 0.717) is 6.10 Å². The van der Waals surface area contributed by atoms with Gasteiger partial charge in [-0.3, -0.25) is 9.79 Å². The van der Waals surface area contributed by atoms with Gasteiger partial charge in [-0.1, -0.05) is 39.5 Å². The number of rotatable bonds is 8. The van der Waals surface area contributed by atoms with E-state index in [9.17, 15) is 4.79 Å². The van der Waals surface area contributed by atoms with Crippen molar-refractivity contribution in [3.05, 3.63) is 0 Å². The Morgan fingerprint density at radius 1 is 1.15 bits per heavy atom. The van der Waals surface area contributed by atoms with Crippen molar-refractivity contribution in [1.29, 1.82) is 0 Å². The van der Waals surface area contributed by atoms with Crippen LogP contribution >= 0.6 is 0 Å².